The summed E-state index contributed by atoms with van der Waals surface area (Å²) in [5.41, 5.74) is 12.5. The van der Waals surface area contributed by atoms with Crippen LogP contribution in [0.3, 0.4) is 0 Å². The molecule has 1 atom stereocenters. The van der Waals surface area contributed by atoms with Gasteiger partial charge in [-0.25, -0.2) is 22.2 Å². The second kappa shape index (κ2) is 10.7. The van der Waals surface area contributed by atoms with Crippen molar-refractivity contribution < 1.29 is 31.9 Å². The molecular weight excluding hydrogens is 494 g/mol. The van der Waals surface area contributed by atoms with Crippen molar-refractivity contribution in [1.82, 2.24) is 14.7 Å². The maximum absolute atomic E-state index is 13.9. The van der Waals surface area contributed by atoms with Crippen LogP contribution in [0.1, 0.15) is 29.2 Å². The first kappa shape index (κ1) is 25.7. The molecule has 2 heterocycles. The van der Waals surface area contributed by atoms with Crippen LogP contribution in [-0.2, 0) is 4.79 Å². The summed E-state index contributed by atoms with van der Waals surface area (Å²) in [7, 11) is 0. The summed E-state index contributed by atoms with van der Waals surface area (Å²) >= 11 is 0. The zero-order valence-corrected chi connectivity index (χ0v) is 19.4. The first-order chi connectivity index (χ1) is 17.6. The van der Waals surface area contributed by atoms with Crippen LogP contribution in [0.4, 0.5) is 23.4 Å². The Balaban J connectivity index is 1.59. The number of benzene rings is 2. The van der Waals surface area contributed by atoms with Crippen molar-refractivity contribution in [3.05, 3.63) is 71.8 Å². The van der Waals surface area contributed by atoms with E-state index in [1.54, 1.807) is 12.1 Å². The monoisotopic (exact) mass is 517 g/mol. The van der Waals surface area contributed by atoms with Crippen LogP contribution >= 0.6 is 0 Å². The number of piperidine rings is 1. The Morgan fingerprint density at radius 3 is 2.51 bits per heavy atom. The standard InChI is InChI=1S/C25H23F4N5O3/c26-15-5-8-19(18(27)12-15)37-17-6-3-14(4-7-17)23-22(25(31)36)24(30)34(32-23)16-2-1-11-33(13-16)21(35)10-9-20(28)29/h3-10,12,16,20H,1-2,11,13,30H2,(H2,31,36). The van der Waals surface area contributed by atoms with Crippen LogP contribution in [0, 0.1) is 11.6 Å². The van der Waals surface area contributed by atoms with E-state index in [4.69, 9.17) is 16.2 Å². The van der Waals surface area contributed by atoms with Gasteiger partial charge in [-0.15, -0.1) is 0 Å². The van der Waals surface area contributed by atoms with Gasteiger partial charge in [-0.05, 0) is 55.3 Å². The third-order valence-electron chi connectivity index (χ3n) is 5.88. The number of aromatic nitrogens is 2. The Kier molecular flexibility index (Phi) is 7.46. The highest BCUT2D eigenvalue weighted by Crippen LogP contribution is 2.33. The summed E-state index contributed by atoms with van der Waals surface area (Å²) in [6.45, 7) is 0.543. The normalized spacial score (nSPS) is 15.9. The number of rotatable bonds is 7. The van der Waals surface area contributed by atoms with Crippen LogP contribution in [0.25, 0.3) is 11.3 Å². The zero-order valence-electron chi connectivity index (χ0n) is 19.4. The second-order valence-corrected chi connectivity index (χ2v) is 8.39. The smallest absolute Gasteiger partial charge is 0.257 e. The summed E-state index contributed by atoms with van der Waals surface area (Å²) in [4.78, 5) is 26.0. The number of carbonyl (C=O) groups excluding carboxylic acids is 2. The quantitative estimate of drug-likeness (QED) is 0.358. The van der Waals surface area contributed by atoms with Gasteiger partial charge in [0.25, 0.3) is 12.3 Å². The summed E-state index contributed by atoms with van der Waals surface area (Å²) in [5, 5.41) is 4.50. The van der Waals surface area contributed by atoms with Crippen LogP contribution in [0.2, 0.25) is 0 Å². The molecule has 0 saturated carbocycles. The Morgan fingerprint density at radius 2 is 1.86 bits per heavy atom. The number of allylic oxidation sites excluding steroid dienone is 1. The molecule has 0 radical (unpaired) electrons. The molecule has 194 valence electrons. The van der Waals surface area contributed by atoms with Gasteiger partial charge in [0.15, 0.2) is 11.6 Å². The van der Waals surface area contributed by atoms with Crippen molar-refractivity contribution in [2.75, 3.05) is 18.8 Å². The van der Waals surface area contributed by atoms with Gasteiger partial charge in [-0.2, -0.15) is 5.10 Å². The van der Waals surface area contributed by atoms with Gasteiger partial charge in [0.1, 0.15) is 28.6 Å². The molecule has 12 heteroatoms. The lowest BCUT2D eigenvalue weighted by molar-refractivity contribution is -0.127. The largest absolute Gasteiger partial charge is 0.454 e. The molecule has 3 aromatic rings. The number of carbonyl (C=O) groups is 2. The minimum absolute atomic E-state index is 0.0126. The van der Waals surface area contributed by atoms with E-state index in [2.05, 4.69) is 5.10 Å². The predicted molar refractivity (Wildman–Crippen MR) is 127 cm³/mol. The van der Waals surface area contributed by atoms with E-state index in [0.29, 0.717) is 37.1 Å². The number of nitrogens with zero attached hydrogens (tertiary/aromatic N) is 3. The molecule has 1 unspecified atom stereocenters. The molecule has 1 saturated heterocycles. The van der Waals surface area contributed by atoms with Gasteiger partial charge < -0.3 is 21.1 Å². The van der Waals surface area contributed by atoms with Crippen LogP contribution in [-0.4, -0.2) is 46.0 Å². The molecule has 0 aliphatic carbocycles. The van der Waals surface area contributed by atoms with E-state index < -0.39 is 35.9 Å². The number of hydrogen-bond donors (Lipinski definition) is 2. The number of halogens is 4. The Morgan fingerprint density at radius 1 is 1.14 bits per heavy atom. The Bertz CT molecular complexity index is 1340. The van der Waals surface area contributed by atoms with Gasteiger partial charge in [-0.3, -0.25) is 9.59 Å². The van der Waals surface area contributed by atoms with E-state index >= 15 is 0 Å². The maximum atomic E-state index is 13.9. The van der Waals surface area contributed by atoms with E-state index in [1.165, 1.54) is 21.7 Å². The minimum atomic E-state index is -2.74. The number of ether oxygens (including phenoxy) is 1. The highest BCUT2D eigenvalue weighted by Gasteiger charge is 2.29. The lowest BCUT2D eigenvalue weighted by Crippen LogP contribution is -2.40. The van der Waals surface area contributed by atoms with E-state index in [0.717, 1.165) is 18.2 Å². The molecule has 2 aromatic carbocycles. The number of likely N-dealkylation sites (tertiary alicyclic amines) is 1. The first-order valence-corrected chi connectivity index (χ1v) is 11.3. The fourth-order valence-corrected chi connectivity index (χ4v) is 4.15. The van der Waals surface area contributed by atoms with Crippen molar-refractivity contribution in [3.63, 3.8) is 0 Å². The first-order valence-electron chi connectivity index (χ1n) is 11.3. The molecule has 1 aliphatic rings. The third-order valence-corrected chi connectivity index (χ3v) is 5.88. The van der Waals surface area contributed by atoms with Crippen molar-refractivity contribution in [2.24, 2.45) is 5.73 Å². The van der Waals surface area contributed by atoms with Crippen molar-refractivity contribution in [1.29, 1.82) is 0 Å². The van der Waals surface area contributed by atoms with E-state index in [1.807, 2.05) is 0 Å². The number of alkyl halides is 2. The third kappa shape index (κ3) is 5.74. The van der Waals surface area contributed by atoms with Gasteiger partial charge in [0.05, 0.1) is 6.04 Å². The van der Waals surface area contributed by atoms with Gasteiger partial charge in [0.2, 0.25) is 5.91 Å². The van der Waals surface area contributed by atoms with Gasteiger partial charge >= 0.3 is 0 Å². The molecule has 2 amide bonds. The molecule has 4 N–H and O–H groups in total. The summed E-state index contributed by atoms with van der Waals surface area (Å²) in [6.07, 6.45) is -0.220. The maximum Gasteiger partial charge on any atom is 0.257 e. The van der Waals surface area contributed by atoms with E-state index in [-0.39, 0.29) is 35.1 Å². The minimum Gasteiger partial charge on any atom is -0.454 e. The van der Waals surface area contributed by atoms with Crippen LogP contribution < -0.4 is 16.2 Å². The second-order valence-electron chi connectivity index (χ2n) is 8.39. The highest BCUT2D eigenvalue weighted by atomic mass is 19.3. The van der Waals surface area contributed by atoms with Gasteiger partial charge in [0, 0.05) is 30.8 Å². The van der Waals surface area contributed by atoms with Crippen LogP contribution in [0.15, 0.2) is 54.6 Å². The molecule has 1 fully saturated rings. The molecule has 4 rings (SSSR count). The average Bonchev–Trinajstić information content (AvgIpc) is 3.22. The van der Waals surface area contributed by atoms with Crippen molar-refractivity contribution >= 4 is 17.6 Å². The Labute approximate surface area is 209 Å². The number of anilines is 1. The number of primary amides is 1. The van der Waals surface area contributed by atoms with Crippen LogP contribution in [0.5, 0.6) is 11.5 Å². The van der Waals surface area contributed by atoms with Crippen molar-refractivity contribution in [2.45, 2.75) is 25.3 Å². The average molecular weight is 517 g/mol. The summed E-state index contributed by atoms with van der Waals surface area (Å²) in [6, 6.07) is 8.68. The fraction of sp³-hybridized carbons (Fsp3) is 0.240. The topological polar surface area (TPSA) is 116 Å². The van der Waals surface area contributed by atoms with E-state index in [9.17, 15) is 27.2 Å². The summed E-state index contributed by atoms with van der Waals surface area (Å²) < 4.78 is 58.8. The lowest BCUT2D eigenvalue weighted by atomic mass is 10.1. The number of nitrogen functional groups attached to an aromatic ring is 1. The Hall–Kier alpha value is -4.35. The van der Waals surface area contributed by atoms with Gasteiger partial charge in [-0.1, -0.05) is 0 Å². The highest BCUT2D eigenvalue weighted by molar-refractivity contribution is 6.03. The molecule has 8 nitrogen and oxygen atoms in total. The van der Waals surface area contributed by atoms with Crippen molar-refractivity contribution in [3.8, 4) is 22.8 Å². The molecule has 1 aromatic heterocycles. The summed E-state index contributed by atoms with van der Waals surface area (Å²) in [5.74, 6) is -2.87. The predicted octanol–water partition coefficient (Wildman–Crippen LogP) is 4.29. The fourth-order valence-electron chi connectivity index (χ4n) is 4.15. The number of hydrogen-bond acceptors (Lipinski definition) is 5. The molecule has 0 spiro atoms. The zero-order chi connectivity index (χ0) is 26.7. The SMILES string of the molecule is NC(=O)c1c(-c2ccc(Oc3ccc(F)cc3F)cc2)nn(C2CCCN(C(=O)C=CC(F)F)C2)c1N. The molecule has 37 heavy (non-hydrogen) atoms. The molecule has 1 aliphatic heterocycles. The number of amides is 2. The molecular formula is C25H23F4N5O3. The lowest BCUT2D eigenvalue weighted by Gasteiger charge is -2.32. The molecule has 0 bridgehead atoms. The number of nitrogens with two attached hydrogens (primary N) is 2.